The first-order valence-electron chi connectivity index (χ1n) is 7.15. The van der Waals surface area contributed by atoms with Gasteiger partial charge in [-0.05, 0) is 57.5 Å². The fourth-order valence-corrected chi connectivity index (χ4v) is 2.81. The first-order valence-corrected chi connectivity index (χ1v) is 7.15. The molecule has 1 saturated carbocycles. The van der Waals surface area contributed by atoms with Gasteiger partial charge in [0.05, 0.1) is 0 Å². The van der Waals surface area contributed by atoms with Crippen LogP contribution in [0.5, 0.6) is 0 Å². The van der Waals surface area contributed by atoms with E-state index in [0.717, 1.165) is 23.9 Å². The first-order chi connectivity index (χ1) is 7.68. The molecule has 1 heterocycles. The van der Waals surface area contributed by atoms with Gasteiger partial charge in [0, 0.05) is 18.6 Å². The SMILES string of the molecule is CC(C)C(C)N(CC1CCCNC1)C1CC1. The van der Waals surface area contributed by atoms with Crippen LogP contribution in [-0.2, 0) is 0 Å². The molecule has 1 N–H and O–H groups in total. The van der Waals surface area contributed by atoms with Crippen molar-refractivity contribution in [3.8, 4) is 0 Å². The van der Waals surface area contributed by atoms with E-state index in [9.17, 15) is 0 Å². The predicted molar refractivity (Wildman–Crippen MR) is 69.6 cm³/mol. The molecule has 1 aliphatic heterocycles. The van der Waals surface area contributed by atoms with E-state index in [-0.39, 0.29) is 0 Å². The largest absolute Gasteiger partial charge is 0.316 e. The highest BCUT2D eigenvalue weighted by molar-refractivity contribution is 4.90. The Kier molecular flexibility index (Phi) is 4.26. The Labute approximate surface area is 101 Å². The summed E-state index contributed by atoms with van der Waals surface area (Å²) < 4.78 is 0. The monoisotopic (exact) mass is 224 g/mol. The van der Waals surface area contributed by atoms with Crippen molar-refractivity contribution in [2.45, 2.75) is 58.5 Å². The Morgan fingerprint density at radius 1 is 1.19 bits per heavy atom. The van der Waals surface area contributed by atoms with Crippen LogP contribution in [0.25, 0.3) is 0 Å². The minimum atomic E-state index is 0.759. The predicted octanol–water partition coefficient (Wildman–Crippen LogP) is 2.49. The van der Waals surface area contributed by atoms with Gasteiger partial charge in [-0.3, -0.25) is 4.90 Å². The Morgan fingerprint density at radius 2 is 1.94 bits per heavy atom. The van der Waals surface area contributed by atoms with Crippen molar-refractivity contribution in [3.05, 3.63) is 0 Å². The molecule has 2 aliphatic rings. The van der Waals surface area contributed by atoms with E-state index in [1.54, 1.807) is 0 Å². The molecule has 2 unspecified atom stereocenters. The van der Waals surface area contributed by atoms with E-state index < -0.39 is 0 Å². The van der Waals surface area contributed by atoms with Gasteiger partial charge in [0.15, 0.2) is 0 Å². The molecule has 0 bridgehead atoms. The van der Waals surface area contributed by atoms with E-state index in [0.29, 0.717) is 0 Å². The Bertz CT molecular complexity index is 205. The van der Waals surface area contributed by atoms with E-state index in [1.165, 1.54) is 45.3 Å². The molecule has 2 atom stereocenters. The van der Waals surface area contributed by atoms with Crippen LogP contribution in [0.3, 0.4) is 0 Å². The smallest absolute Gasteiger partial charge is 0.00994 e. The minimum Gasteiger partial charge on any atom is -0.316 e. The van der Waals surface area contributed by atoms with E-state index in [2.05, 4.69) is 31.0 Å². The molecule has 94 valence electrons. The molecule has 2 heteroatoms. The van der Waals surface area contributed by atoms with Gasteiger partial charge in [-0.1, -0.05) is 13.8 Å². The molecule has 16 heavy (non-hydrogen) atoms. The molecule has 0 amide bonds. The van der Waals surface area contributed by atoms with E-state index >= 15 is 0 Å². The van der Waals surface area contributed by atoms with Gasteiger partial charge in [-0.15, -0.1) is 0 Å². The van der Waals surface area contributed by atoms with Gasteiger partial charge in [0.25, 0.3) is 0 Å². The average molecular weight is 224 g/mol. The van der Waals surface area contributed by atoms with Crippen LogP contribution in [0, 0.1) is 11.8 Å². The molecule has 1 saturated heterocycles. The number of nitrogens with one attached hydrogen (secondary N) is 1. The fraction of sp³-hybridized carbons (Fsp3) is 1.00. The molecule has 0 aromatic heterocycles. The normalized spacial score (nSPS) is 28.7. The zero-order valence-corrected chi connectivity index (χ0v) is 11.2. The summed E-state index contributed by atoms with van der Waals surface area (Å²) in [6.45, 7) is 10.9. The lowest BCUT2D eigenvalue weighted by molar-refractivity contribution is 0.125. The van der Waals surface area contributed by atoms with Crippen molar-refractivity contribution in [1.29, 1.82) is 0 Å². The van der Waals surface area contributed by atoms with Crippen molar-refractivity contribution in [1.82, 2.24) is 10.2 Å². The van der Waals surface area contributed by atoms with Crippen LogP contribution in [0.2, 0.25) is 0 Å². The molecule has 0 spiro atoms. The Morgan fingerprint density at radius 3 is 2.44 bits per heavy atom. The highest BCUT2D eigenvalue weighted by Crippen LogP contribution is 2.32. The summed E-state index contributed by atoms with van der Waals surface area (Å²) in [5.41, 5.74) is 0. The van der Waals surface area contributed by atoms with Crippen molar-refractivity contribution >= 4 is 0 Å². The highest BCUT2D eigenvalue weighted by atomic mass is 15.2. The number of nitrogens with zero attached hydrogens (tertiary/aromatic N) is 1. The summed E-state index contributed by atoms with van der Waals surface area (Å²) in [4.78, 5) is 2.79. The van der Waals surface area contributed by atoms with Crippen LogP contribution in [0.15, 0.2) is 0 Å². The summed E-state index contributed by atoms with van der Waals surface area (Å²) in [5, 5.41) is 3.54. The second-order valence-electron chi connectivity index (χ2n) is 6.12. The van der Waals surface area contributed by atoms with E-state index in [4.69, 9.17) is 0 Å². The number of rotatable bonds is 5. The molecular weight excluding hydrogens is 196 g/mol. The van der Waals surface area contributed by atoms with Gasteiger partial charge in [-0.25, -0.2) is 0 Å². The van der Waals surface area contributed by atoms with Crippen molar-refractivity contribution in [3.63, 3.8) is 0 Å². The van der Waals surface area contributed by atoms with Crippen LogP contribution in [0.4, 0.5) is 0 Å². The number of hydrogen-bond acceptors (Lipinski definition) is 2. The summed E-state index contributed by atoms with van der Waals surface area (Å²) in [6.07, 6.45) is 5.69. The Hall–Kier alpha value is -0.0800. The van der Waals surface area contributed by atoms with Crippen molar-refractivity contribution in [2.24, 2.45) is 11.8 Å². The lowest BCUT2D eigenvalue weighted by Crippen LogP contribution is -2.44. The standard InChI is InChI=1S/C14H28N2/c1-11(2)12(3)16(14-6-7-14)10-13-5-4-8-15-9-13/h11-15H,4-10H2,1-3H3. The molecule has 0 aromatic rings. The quantitative estimate of drug-likeness (QED) is 0.772. The minimum absolute atomic E-state index is 0.759. The third-order valence-electron chi connectivity index (χ3n) is 4.37. The van der Waals surface area contributed by atoms with Gasteiger partial charge < -0.3 is 5.32 Å². The summed E-state index contributed by atoms with van der Waals surface area (Å²) in [5.74, 6) is 1.69. The van der Waals surface area contributed by atoms with Crippen LogP contribution < -0.4 is 5.32 Å². The molecule has 0 aromatic carbocycles. The highest BCUT2D eigenvalue weighted by Gasteiger charge is 2.34. The molecule has 1 aliphatic carbocycles. The maximum absolute atomic E-state index is 3.54. The maximum Gasteiger partial charge on any atom is 0.00994 e. The van der Waals surface area contributed by atoms with Gasteiger partial charge >= 0.3 is 0 Å². The van der Waals surface area contributed by atoms with Gasteiger partial charge in [0.2, 0.25) is 0 Å². The Balaban J connectivity index is 1.86. The average Bonchev–Trinajstić information content (AvgIpc) is 3.10. The first kappa shape index (κ1) is 12.4. The molecular formula is C14H28N2. The molecule has 2 rings (SSSR count). The topological polar surface area (TPSA) is 15.3 Å². The maximum atomic E-state index is 3.54. The molecule has 0 radical (unpaired) electrons. The van der Waals surface area contributed by atoms with Gasteiger partial charge in [0.1, 0.15) is 0 Å². The lowest BCUT2D eigenvalue weighted by Gasteiger charge is -2.36. The van der Waals surface area contributed by atoms with Crippen LogP contribution in [0.1, 0.15) is 46.5 Å². The van der Waals surface area contributed by atoms with E-state index in [1.807, 2.05) is 0 Å². The van der Waals surface area contributed by atoms with Crippen molar-refractivity contribution in [2.75, 3.05) is 19.6 Å². The molecule has 2 nitrogen and oxygen atoms in total. The summed E-state index contributed by atoms with van der Waals surface area (Å²) in [6, 6.07) is 1.67. The zero-order chi connectivity index (χ0) is 11.5. The second-order valence-corrected chi connectivity index (χ2v) is 6.12. The third-order valence-corrected chi connectivity index (χ3v) is 4.37. The van der Waals surface area contributed by atoms with Gasteiger partial charge in [-0.2, -0.15) is 0 Å². The lowest BCUT2D eigenvalue weighted by atomic mass is 9.96. The number of hydrogen-bond donors (Lipinski definition) is 1. The molecule has 2 fully saturated rings. The summed E-state index contributed by atoms with van der Waals surface area (Å²) in [7, 11) is 0. The zero-order valence-electron chi connectivity index (χ0n) is 11.2. The fourth-order valence-electron chi connectivity index (χ4n) is 2.81. The third kappa shape index (κ3) is 3.21. The summed E-state index contributed by atoms with van der Waals surface area (Å²) >= 11 is 0. The van der Waals surface area contributed by atoms with Crippen molar-refractivity contribution < 1.29 is 0 Å². The number of piperidine rings is 1. The second kappa shape index (κ2) is 5.50. The van der Waals surface area contributed by atoms with Crippen LogP contribution >= 0.6 is 0 Å². The van der Waals surface area contributed by atoms with Crippen LogP contribution in [-0.4, -0.2) is 36.6 Å².